The minimum absolute atomic E-state index is 0.535. The second kappa shape index (κ2) is 5.89. The highest BCUT2D eigenvalue weighted by Gasteiger charge is 2.29. The summed E-state index contributed by atoms with van der Waals surface area (Å²) in [6.45, 7) is 7.58. The van der Waals surface area contributed by atoms with Crippen molar-refractivity contribution in [2.45, 2.75) is 31.8 Å². The van der Waals surface area contributed by atoms with Gasteiger partial charge < -0.3 is 10.4 Å². The van der Waals surface area contributed by atoms with Crippen LogP contribution in [0.1, 0.15) is 26.2 Å². The van der Waals surface area contributed by atoms with Crippen LogP contribution in [0.3, 0.4) is 0 Å². The Hall–Kier alpha value is -0.860. The van der Waals surface area contributed by atoms with Crippen molar-refractivity contribution in [3.05, 3.63) is 36.5 Å². The Balaban J connectivity index is 2.60. The van der Waals surface area contributed by atoms with Crippen LogP contribution < -0.4 is 5.32 Å². The van der Waals surface area contributed by atoms with Gasteiger partial charge in [-0.1, -0.05) is 30.9 Å². The van der Waals surface area contributed by atoms with Gasteiger partial charge in [0.2, 0.25) is 0 Å². The molecule has 15 heavy (non-hydrogen) atoms. The fourth-order valence-corrected chi connectivity index (χ4v) is 1.87. The molecule has 0 unspecified atom stereocenters. The molecule has 0 aliphatic carbocycles. The van der Waals surface area contributed by atoms with E-state index < -0.39 is 5.60 Å². The zero-order valence-corrected chi connectivity index (χ0v) is 9.50. The number of aliphatic hydroxyl groups is 1. The third-order valence-electron chi connectivity index (χ3n) is 2.83. The summed E-state index contributed by atoms with van der Waals surface area (Å²) >= 11 is 0. The first-order chi connectivity index (χ1) is 7.20. The van der Waals surface area contributed by atoms with Gasteiger partial charge in [-0.2, -0.15) is 0 Å². The number of piperidine rings is 1. The molecule has 1 aliphatic rings. The Kier molecular flexibility index (Phi) is 4.79. The zero-order valence-electron chi connectivity index (χ0n) is 9.50. The summed E-state index contributed by atoms with van der Waals surface area (Å²) < 4.78 is 0. The summed E-state index contributed by atoms with van der Waals surface area (Å²) in [5.74, 6) is 0. The minimum Gasteiger partial charge on any atom is -0.389 e. The number of rotatable bonds is 4. The highest BCUT2D eigenvalue weighted by Crippen LogP contribution is 2.26. The summed E-state index contributed by atoms with van der Waals surface area (Å²) in [7, 11) is 0. The van der Waals surface area contributed by atoms with Gasteiger partial charge in [0.1, 0.15) is 0 Å². The van der Waals surface area contributed by atoms with Crippen LogP contribution in [0.5, 0.6) is 0 Å². The lowest BCUT2D eigenvalue weighted by atomic mass is 9.86. The highest BCUT2D eigenvalue weighted by atomic mass is 16.3. The topological polar surface area (TPSA) is 32.3 Å². The smallest absolute Gasteiger partial charge is 0.0712 e. The number of hydrogen-bond donors (Lipinski definition) is 2. The molecule has 0 bridgehead atoms. The van der Waals surface area contributed by atoms with Crippen molar-refractivity contribution in [3.63, 3.8) is 0 Å². The Bertz CT molecular complexity index is 260. The molecular formula is C13H21NO. The van der Waals surface area contributed by atoms with Gasteiger partial charge in [0.15, 0.2) is 0 Å². The number of hydrogen-bond acceptors (Lipinski definition) is 2. The van der Waals surface area contributed by atoms with Crippen LogP contribution >= 0.6 is 0 Å². The fraction of sp³-hybridized carbons (Fsp3) is 0.538. The monoisotopic (exact) mass is 207 g/mol. The van der Waals surface area contributed by atoms with Crippen LogP contribution in [0.15, 0.2) is 36.5 Å². The summed E-state index contributed by atoms with van der Waals surface area (Å²) in [4.78, 5) is 0. The van der Waals surface area contributed by atoms with E-state index in [-0.39, 0.29) is 0 Å². The molecule has 2 nitrogen and oxygen atoms in total. The van der Waals surface area contributed by atoms with Crippen LogP contribution in [-0.4, -0.2) is 23.8 Å². The van der Waals surface area contributed by atoms with E-state index in [0.29, 0.717) is 6.42 Å². The maximum atomic E-state index is 10.3. The lowest BCUT2D eigenvalue weighted by Gasteiger charge is -2.32. The van der Waals surface area contributed by atoms with Gasteiger partial charge in [0.25, 0.3) is 0 Å². The van der Waals surface area contributed by atoms with Crippen molar-refractivity contribution in [3.8, 4) is 0 Å². The van der Waals surface area contributed by atoms with Gasteiger partial charge in [0, 0.05) is 6.42 Å². The lowest BCUT2D eigenvalue weighted by Crippen LogP contribution is -2.41. The molecule has 0 atom stereocenters. The van der Waals surface area contributed by atoms with E-state index in [4.69, 9.17) is 0 Å². The van der Waals surface area contributed by atoms with Gasteiger partial charge in [-0.05, 0) is 38.4 Å². The van der Waals surface area contributed by atoms with Crippen molar-refractivity contribution in [1.82, 2.24) is 5.32 Å². The molecule has 0 amide bonds. The van der Waals surface area contributed by atoms with Crippen LogP contribution in [0.25, 0.3) is 0 Å². The van der Waals surface area contributed by atoms with Crippen molar-refractivity contribution < 1.29 is 5.11 Å². The second-order valence-electron chi connectivity index (χ2n) is 4.12. The molecule has 0 radical (unpaired) electrons. The van der Waals surface area contributed by atoms with E-state index in [2.05, 4.69) is 11.9 Å². The summed E-state index contributed by atoms with van der Waals surface area (Å²) in [5.41, 5.74) is 0.574. The molecule has 0 aromatic heterocycles. The first-order valence-electron chi connectivity index (χ1n) is 5.57. The third kappa shape index (κ3) is 4.02. The predicted octanol–water partition coefficient (Wildman–Crippen LogP) is 2.18. The van der Waals surface area contributed by atoms with Crippen LogP contribution in [-0.2, 0) is 0 Å². The summed E-state index contributed by atoms with van der Waals surface area (Å²) in [6, 6.07) is 0. The lowest BCUT2D eigenvalue weighted by molar-refractivity contribution is 0.0116. The predicted molar refractivity (Wildman–Crippen MR) is 64.8 cm³/mol. The molecule has 2 heteroatoms. The third-order valence-corrected chi connectivity index (χ3v) is 2.83. The van der Waals surface area contributed by atoms with Gasteiger partial charge in [-0.3, -0.25) is 0 Å². The molecule has 2 N–H and O–H groups in total. The normalized spacial score (nSPS) is 21.9. The Morgan fingerprint density at radius 2 is 2.13 bits per heavy atom. The first kappa shape index (κ1) is 12.2. The number of nitrogens with one attached hydrogen (secondary N) is 1. The number of allylic oxidation sites excluding steroid dienone is 4. The summed E-state index contributed by atoms with van der Waals surface area (Å²) in [6.07, 6.45) is 10.2. The van der Waals surface area contributed by atoms with Crippen molar-refractivity contribution in [1.29, 1.82) is 0 Å². The molecule has 0 saturated carbocycles. The molecule has 0 aromatic rings. The molecule has 0 aromatic carbocycles. The van der Waals surface area contributed by atoms with Gasteiger partial charge >= 0.3 is 0 Å². The molecule has 1 heterocycles. The molecule has 1 rings (SSSR count). The van der Waals surface area contributed by atoms with Crippen LogP contribution in [0.2, 0.25) is 0 Å². The van der Waals surface area contributed by atoms with Crippen LogP contribution in [0, 0.1) is 0 Å². The van der Waals surface area contributed by atoms with Gasteiger partial charge in [-0.15, -0.1) is 0 Å². The van der Waals surface area contributed by atoms with E-state index in [9.17, 15) is 5.11 Å². The van der Waals surface area contributed by atoms with E-state index >= 15 is 0 Å². The minimum atomic E-state index is -0.535. The zero-order chi connectivity index (χ0) is 11.1. The Morgan fingerprint density at radius 3 is 2.67 bits per heavy atom. The fourth-order valence-electron chi connectivity index (χ4n) is 1.87. The first-order valence-corrected chi connectivity index (χ1v) is 5.57. The molecule has 1 fully saturated rings. The molecular weight excluding hydrogens is 186 g/mol. The average Bonchev–Trinajstić information content (AvgIpc) is 2.25. The molecule has 1 saturated heterocycles. The van der Waals surface area contributed by atoms with E-state index in [1.165, 1.54) is 0 Å². The quantitative estimate of drug-likeness (QED) is 0.693. The largest absolute Gasteiger partial charge is 0.389 e. The van der Waals surface area contributed by atoms with Crippen molar-refractivity contribution in [2.75, 3.05) is 13.1 Å². The van der Waals surface area contributed by atoms with E-state index in [1.54, 1.807) is 0 Å². The maximum Gasteiger partial charge on any atom is 0.0712 e. The molecule has 0 spiro atoms. The standard InChI is InChI=1S/C13H21NO/c1-3-5-6-12(4-2)11-13(15)7-9-14-10-8-13/h3-6,14-15H,2,7-11H2,1H3/b5-3-,12-6+. The Morgan fingerprint density at radius 1 is 1.47 bits per heavy atom. The second-order valence-corrected chi connectivity index (χ2v) is 4.12. The van der Waals surface area contributed by atoms with Gasteiger partial charge in [-0.25, -0.2) is 0 Å². The molecule has 1 aliphatic heterocycles. The average molecular weight is 207 g/mol. The highest BCUT2D eigenvalue weighted by molar-refractivity contribution is 5.24. The Labute approximate surface area is 92.4 Å². The summed E-state index contributed by atoms with van der Waals surface area (Å²) in [5, 5.41) is 13.6. The van der Waals surface area contributed by atoms with Crippen molar-refractivity contribution >= 4 is 0 Å². The van der Waals surface area contributed by atoms with Crippen LogP contribution in [0.4, 0.5) is 0 Å². The van der Waals surface area contributed by atoms with Gasteiger partial charge in [0.05, 0.1) is 5.60 Å². The SMILES string of the molecule is C=C/C(=C\C=C/C)CC1(O)CCNCC1. The van der Waals surface area contributed by atoms with Crippen molar-refractivity contribution in [2.24, 2.45) is 0 Å². The maximum absolute atomic E-state index is 10.3. The molecule has 84 valence electrons. The van der Waals surface area contributed by atoms with E-state index in [1.807, 2.05) is 31.2 Å². The van der Waals surface area contributed by atoms with E-state index in [0.717, 1.165) is 31.5 Å².